The first-order chi connectivity index (χ1) is 6.86. The highest BCUT2D eigenvalue weighted by molar-refractivity contribution is 7.98. The summed E-state index contributed by atoms with van der Waals surface area (Å²) in [6, 6.07) is 11.8. The van der Waals surface area contributed by atoms with Gasteiger partial charge < -0.3 is 0 Å². The van der Waals surface area contributed by atoms with Crippen molar-refractivity contribution in [2.24, 2.45) is 0 Å². The van der Waals surface area contributed by atoms with E-state index in [1.807, 2.05) is 18.2 Å². The van der Waals surface area contributed by atoms with Crippen LogP contribution in [0, 0.1) is 22.7 Å². The molecule has 0 spiro atoms. The van der Waals surface area contributed by atoms with E-state index in [0.29, 0.717) is 12.0 Å². The summed E-state index contributed by atoms with van der Waals surface area (Å²) in [7, 11) is 0. The van der Waals surface area contributed by atoms with Crippen molar-refractivity contribution in [2.45, 2.75) is 12.2 Å². The van der Waals surface area contributed by atoms with Gasteiger partial charge in [-0.25, -0.2) is 0 Å². The van der Waals surface area contributed by atoms with Crippen molar-refractivity contribution >= 4 is 11.8 Å². The average Bonchev–Trinajstić information content (AvgIpc) is 2.25. The van der Waals surface area contributed by atoms with Gasteiger partial charge in [0.25, 0.3) is 0 Å². The van der Waals surface area contributed by atoms with Gasteiger partial charge in [-0.2, -0.15) is 22.3 Å². The highest BCUT2D eigenvalue weighted by atomic mass is 32.2. The lowest BCUT2D eigenvalue weighted by molar-refractivity contribution is 1.23. The van der Waals surface area contributed by atoms with Gasteiger partial charge in [-0.3, -0.25) is 0 Å². The summed E-state index contributed by atoms with van der Waals surface area (Å²) >= 11 is 1.72. The second-order valence-electron chi connectivity index (χ2n) is 2.77. The Balaban J connectivity index is 2.44. The third-order valence-electron chi connectivity index (χ3n) is 1.68. The van der Waals surface area contributed by atoms with Gasteiger partial charge in [0.2, 0.25) is 0 Å². The van der Waals surface area contributed by atoms with Crippen molar-refractivity contribution in [3.8, 4) is 12.1 Å². The van der Waals surface area contributed by atoms with E-state index in [2.05, 4.69) is 12.1 Å². The van der Waals surface area contributed by atoms with Crippen molar-refractivity contribution in [3.05, 3.63) is 35.4 Å². The molecule has 2 nitrogen and oxygen atoms in total. The quantitative estimate of drug-likeness (QED) is 0.705. The smallest absolute Gasteiger partial charge is 0.0991 e. The minimum absolute atomic E-state index is 0.586. The first-order valence-electron chi connectivity index (χ1n) is 4.30. The van der Waals surface area contributed by atoms with Crippen molar-refractivity contribution < 1.29 is 0 Å². The topological polar surface area (TPSA) is 47.6 Å². The van der Waals surface area contributed by atoms with E-state index in [4.69, 9.17) is 10.5 Å². The number of nitriles is 2. The van der Waals surface area contributed by atoms with Gasteiger partial charge in [0.05, 0.1) is 17.7 Å². The third kappa shape index (κ3) is 3.51. The van der Waals surface area contributed by atoms with Gasteiger partial charge >= 0.3 is 0 Å². The largest absolute Gasteiger partial charge is 0.198 e. The molecular weight excluding hydrogens is 192 g/mol. The van der Waals surface area contributed by atoms with E-state index in [0.717, 1.165) is 17.1 Å². The van der Waals surface area contributed by atoms with Gasteiger partial charge in [-0.15, -0.1) is 0 Å². The second-order valence-corrected chi connectivity index (χ2v) is 3.88. The zero-order valence-electron chi connectivity index (χ0n) is 7.73. The predicted octanol–water partition coefficient (Wildman–Crippen LogP) is 2.71. The summed E-state index contributed by atoms with van der Waals surface area (Å²) in [6.45, 7) is 0. The average molecular weight is 202 g/mol. The zero-order chi connectivity index (χ0) is 10.2. The Bertz CT molecular complexity index is 374. The second kappa shape index (κ2) is 6.07. The first kappa shape index (κ1) is 10.6. The van der Waals surface area contributed by atoms with Crippen LogP contribution in [-0.2, 0) is 5.75 Å². The molecule has 3 heteroatoms. The molecule has 0 saturated heterocycles. The van der Waals surface area contributed by atoms with Gasteiger partial charge in [0.15, 0.2) is 0 Å². The molecule has 0 unspecified atom stereocenters. The van der Waals surface area contributed by atoms with Crippen LogP contribution in [0.4, 0.5) is 0 Å². The fraction of sp³-hybridized carbons (Fsp3) is 0.273. The fourth-order valence-corrected chi connectivity index (χ4v) is 1.83. The number of nitrogens with zero attached hydrogens (tertiary/aromatic N) is 2. The normalized spacial score (nSPS) is 9.00. The molecule has 0 N–H and O–H groups in total. The Hall–Kier alpha value is -1.45. The Labute approximate surface area is 88.2 Å². The Morgan fingerprint density at radius 2 is 2.14 bits per heavy atom. The molecule has 0 aromatic heterocycles. The molecule has 0 bridgehead atoms. The van der Waals surface area contributed by atoms with Crippen LogP contribution in [0.25, 0.3) is 0 Å². The lowest BCUT2D eigenvalue weighted by Crippen LogP contribution is -1.84. The number of benzene rings is 1. The first-order valence-corrected chi connectivity index (χ1v) is 5.46. The molecule has 0 aliphatic rings. The molecule has 1 aromatic carbocycles. The number of hydrogen-bond donors (Lipinski definition) is 0. The molecule has 0 heterocycles. The van der Waals surface area contributed by atoms with Crippen LogP contribution in [0.15, 0.2) is 24.3 Å². The summed E-state index contributed by atoms with van der Waals surface area (Å²) in [5, 5.41) is 17.0. The van der Waals surface area contributed by atoms with E-state index in [1.54, 1.807) is 17.8 Å². The van der Waals surface area contributed by atoms with Gasteiger partial charge in [-0.1, -0.05) is 12.1 Å². The Kier molecular flexibility index (Phi) is 4.61. The maximum absolute atomic E-state index is 8.67. The van der Waals surface area contributed by atoms with Crippen molar-refractivity contribution in [3.63, 3.8) is 0 Å². The highest BCUT2D eigenvalue weighted by Crippen LogP contribution is 2.13. The molecule has 0 atom stereocenters. The van der Waals surface area contributed by atoms with E-state index in [9.17, 15) is 0 Å². The molecule has 0 aliphatic heterocycles. The van der Waals surface area contributed by atoms with Crippen LogP contribution in [-0.4, -0.2) is 5.75 Å². The number of hydrogen-bond acceptors (Lipinski definition) is 3. The molecule has 0 amide bonds. The van der Waals surface area contributed by atoms with Crippen LogP contribution in [0.2, 0.25) is 0 Å². The van der Waals surface area contributed by atoms with Gasteiger partial charge in [0.1, 0.15) is 0 Å². The minimum Gasteiger partial charge on any atom is -0.198 e. The van der Waals surface area contributed by atoms with Crippen LogP contribution in [0.5, 0.6) is 0 Å². The number of rotatable bonds is 4. The van der Waals surface area contributed by atoms with Crippen LogP contribution in [0.1, 0.15) is 17.5 Å². The van der Waals surface area contributed by atoms with Gasteiger partial charge in [-0.05, 0) is 17.7 Å². The molecule has 0 saturated carbocycles. The molecule has 70 valence electrons. The van der Waals surface area contributed by atoms with E-state index >= 15 is 0 Å². The Morgan fingerprint density at radius 1 is 1.29 bits per heavy atom. The van der Waals surface area contributed by atoms with E-state index < -0.39 is 0 Å². The van der Waals surface area contributed by atoms with Crippen LogP contribution in [0.3, 0.4) is 0 Å². The van der Waals surface area contributed by atoms with E-state index in [1.165, 1.54) is 0 Å². The van der Waals surface area contributed by atoms with Crippen LogP contribution >= 0.6 is 11.8 Å². The summed E-state index contributed by atoms with van der Waals surface area (Å²) < 4.78 is 0. The monoisotopic (exact) mass is 202 g/mol. The molecule has 0 radical (unpaired) electrons. The van der Waals surface area contributed by atoms with Crippen molar-refractivity contribution in [2.75, 3.05) is 5.75 Å². The maximum Gasteiger partial charge on any atom is 0.0991 e. The SMILES string of the molecule is N#CCCSCc1cccc(C#N)c1. The molecule has 0 fully saturated rings. The summed E-state index contributed by atoms with van der Waals surface area (Å²) in [4.78, 5) is 0. The Morgan fingerprint density at radius 3 is 2.86 bits per heavy atom. The zero-order valence-corrected chi connectivity index (χ0v) is 8.55. The minimum atomic E-state index is 0.586. The van der Waals surface area contributed by atoms with Gasteiger partial charge in [0, 0.05) is 17.9 Å². The summed E-state index contributed by atoms with van der Waals surface area (Å²) in [6.07, 6.45) is 0.586. The molecule has 0 aliphatic carbocycles. The fourth-order valence-electron chi connectivity index (χ4n) is 1.04. The lowest BCUT2D eigenvalue weighted by atomic mass is 10.2. The summed E-state index contributed by atoms with van der Waals surface area (Å²) in [5.74, 6) is 1.73. The van der Waals surface area contributed by atoms with Crippen molar-refractivity contribution in [1.29, 1.82) is 10.5 Å². The van der Waals surface area contributed by atoms with Crippen molar-refractivity contribution in [1.82, 2.24) is 0 Å². The predicted molar refractivity (Wildman–Crippen MR) is 57.5 cm³/mol. The number of thioether (sulfide) groups is 1. The maximum atomic E-state index is 8.67. The summed E-state index contributed by atoms with van der Waals surface area (Å²) in [5.41, 5.74) is 1.84. The molecule has 14 heavy (non-hydrogen) atoms. The molecule has 1 rings (SSSR count). The molecular formula is C11H10N2S. The van der Waals surface area contributed by atoms with E-state index in [-0.39, 0.29) is 0 Å². The lowest BCUT2D eigenvalue weighted by Gasteiger charge is -1.99. The van der Waals surface area contributed by atoms with Crippen LogP contribution < -0.4 is 0 Å². The third-order valence-corrected chi connectivity index (χ3v) is 2.71. The molecule has 1 aromatic rings. The standard InChI is InChI=1S/C11H10N2S/c12-5-2-6-14-9-11-4-1-3-10(7-11)8-13/h1,3-4,7H,2,6,9H2. The highest BCUT2D eigenvalue weighted by Gasteiger charge is 1.95.